The molecule has 0 spiro atoms. The molecule has 180 valence electrons. The van der Waals surface area contributed by atoms with Crippen LogP contribution in [0.1, 0.15) is 16.7 Å². The lowest BCUT2D eigenvalue weighted by molar-refractivity contribution is -0.126. The molecule has 1 saturated heterocycles. The van der Waals surface area contributed by atoms with Crippen molar-refractivity contribution in [1.82, 2.24) is 30.0 Å². The highest BCUT2D eigenvalue weighted by atomic mass is 79.9. The van der Waals surface area contributed by atoms with E-state index >= 15 is 0 Å². The maximum atomic E-state index is 13.2. The van der Waals surface area contributed by atoms with Crippen molar-refractivity contribution in [3.63, 3.8) is 0 Å². The zero-order valence-electron chi connectivity index (χ0n) is 20.1. The molecular weight excluding hydrogens is 506 g/mol. The SMILES string of the molecule is Cc1ccc(-n2cc3c(N4CCN(C)C(C(=O)NCc5ccc(Br)c(C)c5)C4)ncnc3n2)cc1. The Labute approximate surface area is 213 Å². The summed E-state index contributed by atoms with van der Waals surface area (Å²) < 4.78 is 2.90. The molecule has 1 amide bonds. The van der Waals surface area contributed by atoms with Gasteiger partial charge in [0.2, 0.25) is 5.91 Å². The van der Waals surface area contributed by atoms with Gasteiger partial charge in [-0.15, -0.1) is 5.10 Å². The van der Waals surface area contributed by atoms with Crippen molar-refractivity contribution < 1.29 is 4.79 Å². The number of likely N-dealkylation sites (N-methyl/N-ethyl adjacent to an activating group) is 1. The minimum Gasteiger partial charge on any atom is -0.353 e. The lowest BCUT2D eigenvalue weighted by atomic mass is 10.1. The third kappa shape index (κ3) is 4.92. The van der Waals surface area contributed by atoms with Crippen molar-refractivity contribution >= 4 is 38.7 Å². The first-order chi connectivity index (χ1) is 16.9. The molecule has 8 nitrogen and oxygen atoms in total. The number of hydrogen-bond acceptors (Lipinski definition) is 6. The summed E-state index contributed by atoms with van der Waals surface area (Å²) in [5.41, 5.74) is 5.04. The average Bonchev–Trinajstić information content (AvgIpc) is 3.30. The van der Waals surface area contributed by atoms with Crippen molar-refractivity contribution in [2.24, 2.45) is 0 Å². The molecule has 0 radical (unpaired) electrons. The number of carbonyl (C=O) groups excluding carboxylic acids is 1. The van der Waals surface area contributed by atoms with E-state index in [1.807, 2.05) is 49.1 Å². The van der Waals surface area contributed by atoms with Crippen molar-refractivity contribution in [2.45, 2.75) is 26.4 Å². The Morgan fingerprint density at radius 2 is 1.91 bits per heavy atom. The van der Waals surface area contributed by atoms with Crippen LogP contribution in [0.2, 0.25) is 0 Å². The van der Waals surface area contributed by atoms with E-state index in [-0.39, 0.29) is 11.9 Å². The second-order valence-electron chi connectivity index (χ2n) is 9.09. The molecule has 1 aliphatic rings. The zero-order chi connectivity index (χ0) is 24.5. The van der Waals surface area contributed by atoms with Crippen LogP contribution in [0.15, 0.2) is 59.5 Å². The number of piperazine rings is 1. The van der Waals surface area contributed by atoms with Gasteiger partial charge in [0.25, 0.3) is 0 Å². The monoisotopic (exact) mass is 533 g/mol. The first kappa shape index (κ1) is 23.4. The highest BCUT2D eigenvalue weighted by Gasteiger charge is 2.31. The topological polar surface area (TPSA) is 79.2 Å². The quantitative estimate of drug-likeness (QED) is 0.422. The van der Waals surface area contributed by atoms with Gasteiger partial charge >= 0.3 is 0 Å². The van der Waals surface area contributed by atoms with E-state index in [9.17, 15) is 4.79 Å². The van der Waals surface area contributed by atoms with Crippen LogP contribution in [0, 0.1) is 13.8 Å². The number of carbonyl (C=O) groups is 1. The molecular formula is C26H28BrN7O. The van der Waals surface area contributed by atoms with Crippen LogP contribution in [-0.4, -0.2) is 63.3 Å². The molecule has 1 N–H and O–H groups in total. The molecule has 35 heavy (non-hydrogen) atoms. The van der Waals surface area contributed by atoms with E-state index < -0.39 is 0 Å². The standard InChI is InChI=1S/C26H28BrN7O/c1-17-4-7-20(8-5-17)34-14-21-24(31-34)29-16-30-25(21)33-11-10-32(3)23(15-33)26(35)28-13-19-6-9-22(27)18(2)12-19/h4-9,12,14,16,23H,10-11,13,15H2,1-3H3,(H,28,35). The summed E-state index contributed by atoms with van der Waals surface area (Å²) in [5.74, 6) is 0.821. The molecule has 1 aliphatic heterocycles. The average molecular weight is 534 g/mol. The molecule has 2 aromatic heterocycles. The van der Waals surface area contributed by atoms with E-state index in [2.05, 4.69) is 71.2 Å². The molecule has 0 aliphatic carbocycles. The fourth-order valence-corrected chi connectivity index (χ4v) is 4.63. The smallest absolute Gasteiger partial charge is 0.239 e. The number of nitrogens with zero attached hydrogens (tertiary/aromatic N) is 6. The van der Waals surface area contributed by atoms with E-state index in [4.69, 9.17) is 0 Å². The van der Waals surface area contributed by atoms with Crippen LogP contribution in [0.25, 0.3) is 16.7 Å². The molecule has 0 bridgehead atoms. The van der Waals surface area contributed by atoms with Crippen LogP contribution in [0.4, 0.5) is 5.82 Å². The Bertz CT molecular complexity index is 1370. The second kappa shape index (κ2) is 9.75. The Balaban J connectivity index is 1.34. The summed E-state index contributed by atoms with van der Waals surface area (Å²) in [7, 11) is 2.00. The molecule has 2 aromatic carbocycles. The minimum atomic E-state index is -0.280. The second-order valence-corrected chi connectivity index (χ2v) is 9.94. The molecule has 1 fully saturated rings. The number of amides is 1. The van der Waals surface area contributed by atoms with Gasteiger partial charge in [-0.05, 0) is 50.2 Å². The van der Waals surface area contributed by atoms with Gasteiger partial charge in [0, 0.05) is 36.8 Å². The summed E-state index contributed by atoms with van der Waals surface area (Å²) in [6.45, 7) is 6.68. The Kier molecular flexibility index (Phi) is 6.53. The zero-order valence-corrected chi connectivity index (χ0v) is 21.7. The third-order valence-corrected chi connectivity index (χ3v) is 7.42. The first-order valence-electron chi connectivity index (χ1n) is 11.6. The van der Waals surface area contributed by atoms with Gasteiger partial charge < -0.3 is 10.2 Å². The number of anilines is 1. The fourth-order valence-electron chi connectivity index (χ4n) is 4.38. The van der Waals surface area contributed by atoms with E-state index in [0.717, 1.165) is 45.6 Å². The normalized spacial score (nSPS) is 16.6. The largest absolute Gasteiger partial charge is 0.353 e. The summed E-state index contributed by atoms with van der Waals surface area (Å²) in [6, 6.07) is 14.1. The van der Waals surface area contributed by atoms with E-state index in [1.54, 1.807) is 6.33 Å². The number of aromatic nitrogens is 4. The predicted molar refractivity (Wildman–Crippen MR) is 141 cm³/mol. The van der Waals surface area contributed by atoms with E-state index in [1.165, 1.54) is 5.56 Å². The summed E-state index contributed by atoms with van der Waals surface area (Å²) in [6.07, 6.45) is 3.52. The summed E-state index contributed by atoms with van der Waals surface area (Å²) in [4.78, 5) is 26.4. The van der Waals surface area contributed by atoms with Crippen LogP contribution >= 0.6 is 15.9 Å². The van der Waals surface area contributed by atoms with Crippen LogP contribution in [0.3, 0.4) is 0 Å². The lowest BCUT2D eigenvalue weighted by Gasteiger charge is -2.39. The Morgan fingerprint density at radius 1 is 1.11 bits per heavy atom. The third-order valence-electron chi connectivity index (χ3n) is 6.53. The Morgan fingerprint density at radius 3 is 2.69 bits per heavy atom. The van der Waals surface area contributed by atoms with Crippen molar-refractivity contribution in [3.05, 3.63) is 76.2 Å². The molecule has 1 unspecified atom stereocenters. The number of rotatable bonds is 5. The maximum absolute atomic E-state index is 13.2. The lowest BCUT2D eigenvalue weighted by Crippen LogP contribution is -2.57. The van der Waals surface area contributed by atoms with E-state index in [0.29, 0.717) is 18.7 Å². The van der Waals surface area contributed by atoms with Crippen LogP contribution in [0.5, 0.6) is 0 Å². The number of aryl methyl sites for hydroxylation is 2. The van der Waals surface area contributed by atoms with Gasteiger partial charge in [-0.3, -0.25) is 9.69 Å². The summed E-state index contributed by atoms with van der Waals surface area (Å²) in [5, 5.41) is 8.65. The minimum absolute atomic E-state index is 0.0124. The molecule has 3 heterocycles. The van der Waals surface area contributed by atoms with Gasteiger partial charge in [-0.25, -0.2) is 14.6 Å². The van der Waals surface area contributed by atoms with Crippen molar-refractivity contribution in [2.75, 3.05) is 31.6 Å². The highest BCUT2D eigenvalue weighted by Crippen LogP contribution is 2.26. The number of halogens is 1. The van der Waals surface area contributed by atoms with Crippen LogP contribution < -0.4 is 10.2 Å². The number of benzene rings is 2. The number of fused-ring (bicyclic) bond motifs is 1. The predicted octanol–water partition coefficient (Wildman–Crippen LogP) is 3.63. The van der Waals surface area contributed by atoms with Gasteiger partial charge in [0.1, 0.15) is 18.2 Å². The number of hydrogen-bond donors (Lipinski definition) is 1. The first-order valence-corrected chi connectivity index (χ1v) is 12.4. The van der Waals surface area contributed by atoms with Crippen molar-refractivity contribution in [1.29, 1.82) is 0 Å². The van der Waals surface area contributed by atoms with Crippen molar-refractivity contribution in [3.8, 4) is 5.69 Å². The van der Waals surface area contributed by atoms with Gasteiger partial charge in [-0.1, -0.05) is 45.8 Å². The molecule has 5 rings (SSSR count). The van der Waals surface area contributed by atoms with Gasteiger partial charge in [0.05, 0.1) is 11.1 Å². The van der Waals surface area contributed by atoms with Crippen LogP contribution in [-0.2, 0) is 11.3 Å². The molecule has 9 heteroatoms. The molecule has 4 aromatic rings. The molecule has 1 atom stereocenters. The Hall–Kier alpha value is -3.30. The summed E-state index contributed by atoms with van der Waals surface area (Å²) >= 11 is 3.53. The number of nitrogens with one attached hydrogen (secondary N) is 1. The van der Waals surface area contributed by atoms with Gasteiger partial charge in [-0.2, -0.15) is 0 Å². The van der Waals surface area contributed by atoms with Gasteiger partial charge in [0.15, 0.2) is 5.65 Å². The maximum Gasteiger partial charge on any atom is 0.239 e. The highest BCUT2D eigenvalue weighted by molar-refractivity contribution is 9.10. The fraction of sp³-hybridized carbons (Fsp3) is 0.308. The molecule has 0 saturated carbocycles.